The van der Waals surface area contributed by atoms with Gasteiger partial charge in [0.25, 0.3) is 0 Å². The maximum absolute atomic E-state index is 11.5. The fraction of sp³-hybridized carbons (Fsp3) is 0.556. The van der Waals surface area contributed by atoms with E-state index < -0.39 is 0 Å². The lowest BCUT2D eigenvalue weighted by atomic mass is 10.0. The normalized spacial score (nSPS) is 15.2. The molecule has 1 aromatic carbocycles. The highest BCUT2D eigenvalue weighted by molar-refractivity contribution is 5.94. The average molecular weight is 334 g/mol. The lowest BCUT2D eigenvalue weighted by Gasteiger charge is -2.26. The lowest BCUT2D eigenvalue weighted by Crippen LogP contribution is -2.44. The molecule has 0 aliphatic carbocycles. The van der Waals surface area contributed by atoms with Gasteiger partial charge in [-0.3, -0.25) is 9.59 Å². The van der Waals surface area contributed by atoms with E-state index in [-0.39, 0.29) is 30.1 Å². The molecule has 1 aromatic rings. The van der Waals surface area contributed by atoms with Gasteiger partial charge in [-0.25, -0.2) is 0 Å². The second kappa shape index (κ2) is 7.66. The van der Waals surface area contributed by atoms with Gasteiger partial charge < -0.3 is 20.1 Å². The Morgan fingerprint density at radius 2 is 2.08 bits per heavy atom. The SMILES string of the molecule is CC(=O)OC(CNC(C)(C)C)COc1cccc2c1CCC(=O)N2. The molecule has 1 unspecified atom stereocenters. The van der Waals surface area contributed by atoms with Crippen molar-refractivity contribution in [2.24, 2.45) is 0 Å². The first-order valence-corrected chi connectivity index (χ1v) is 8.21. The number of esters is 1. The van der Waals surface area contributed by atoms with Crippen LogP contribution in [-0.4, -0.2) is 36.7 Å². The number of nitrogens with one attached hydrogen (secondary N) is 2. The standard InChI is InChI=1S/C18H26N2O4/c1-12(21)24-13(10-19-18(2,3)4)11-23-16-7-5-6-15-14(16)8-9-17(22)20-15/h5-7,13,19H,8-11H2,1-4H3,(H,20,22). The zero-order valence-corrected chi connectivity index (χ0v) is 14.8. The van der Waals surface area contributed by atoms with Gasteiger partial charge in [-0.1, -0.05) is 6.07 Å². The van der Waals surface area contributed by atoms with Crippen LogP contribution >= 0.6 is 0 Å². The Hall–Kier alpha value is -2.08. The molecule has 24 heavy (non-hydrogen) atoms. The van der Waals surface area contributed by atoms with Crippen molar-refractivity contribution in [2.75, 3.05) is 18.5 Å². The average Bonchev–Trinajstić information content (AvgIpc) is 2.48. The minimum Gasteiger partial charge on any atom is -0.489 e. The van der Waals surface area contributed by atoms with Crippen molar-refractivity contribution < 1.29 is 19.1 Å². The highest BCUT2D eigenvalue weighted by Crippen LogP contribution is 2.31. The summed E-state index contributed by atoms with van der Waals surface area (Å²) < 4.78 is 11.2. The highest BCUT2D eigenvalue weighted by atomic mass is 16.6. The third-order valence-corrected chi connectivity index (χ3v) is 3.63. The molecule has 2 rings (SSSR count). The van der Waals surface area contributed by atoms with Crippen molar-refractivity contribution in [3.05, 3.63) is 23.8 Å². The van der Waals surface area contributed by atoms with Crippen LogP contribution in [0.1, 0.15) is 39.7 Å². The van der Waals surface area contributed by atoms with Crippen LogP contribution in [0.15, 0.2) is 18.2 Å². The number of rotatable bonds is 6. The molecule has 1 aliphatic rings. The van der Waals surface area contributed by atoms with E-state index in [0.29, 0.717) is 19.4 Å². The van der Waals surface area contributed by atoms with E-state index in [1.54, 1.807) is 0 Å². The first-order chi connectivity index (χ1) is 11.2. The molecule has 1 amide bonds. The van der Waals surface area contributed by atoms with E-state index in [9.17, 15) is 9.59 Å². The minimum atomic E-state index is -0.379. The molecule has 0 saturated heterocycles. The van der Waals surface area contributed by atoms with E-state index in [1.807, 2.05) is 18.2 Å². The molecular formula is C18H26N2O4. The summed E-state index contributed by atoms with van der Waals surface area (Å²) in [4.78, 5) is 22.8. The molecule has 0 radical (unpaired) electrons. The van der Waals surface area contributed by atoms with Crippen LogP contribution in [-0.2, 0) is 20.7 Å². The maximum Gasteiger partial charge on any atom is 0.303 e. The topological polar surface area (TPSA) is 76.7 Å². The minimum absolute atomic E-state index is 0.0202. The zero-order valence-electron chi connectivity index (χ0n) is 14.8. The number of anilines is 1. The highest BCUT2D eigenvalue weighted by Gasteiger charge is 2.21. The molecule has 0 bridgehead atoms. The van der Waals surface area contributed by atoms with Crippen LogP contribution < -0.4 is 15.4 Å². The van der Waals surface area contributed by atoms with Crippen molar-refractivity contribution in [3.8, 4) is 5.75 Å². The molecule has 6 heteroatoms. The molecule has 0 aromatic heterocycles. The lowest BCUT2D eigenvalue weighted by molar-refractivity contribution is -0.147. The first kappa shape index (κ1) is 18.3. The predicted octanol–water partition coefficient (Wildman–Crippen LogP) is 2.27. The summed E-state index contributed by atoms with van der Waals surface area (Å²) in [7, 11) is 0. The van der Waals surface area contributed by atoms with Gasteiger partial charge in [0.15, 0.2) is 0 Å². The molecule has 2 N–H and O–H groups in total. The smallest absolute Gasteiger partial charge is 0.303 e. The summed E-state index contributed by atoms with van der Waals surface area (Å²) in [6.45, 7) is 8.31. The third-order valence-electron chi connectivity index (χ3n) is 3.63. The van der Waals surface area contributed by atoms with E-state index in [0.717, 1.165) is 17.0 Å². The molecule has 0 fully saturated rings. The van der Waals surface area contributed by atoms with Crippen molar-refractivity contribution in [1.29, 1.82) is 0 Å². The van der Waals surface area contributed by atoms with Crippen LogP contribution in [0.5, 0.6) is 5.75 Å². The molecule has 1 aliphatic heterocycles. The summed E-state index contributed by atoms with van der Waals surface area (Å²) in [6, 6.07) is 5.58. The second-order valence-corrected chi connectivity index (χ2v) is 7.00. The summed E-state index contributed by atoms with van der Waals surface area (Å²) in [6.07, 6.45) is 0.720. The molecular weight excluding hydrogens is 308 g/mol. The van der Waals surface area contributed by atoms with Gasteiger partial charge in [-0.15, -0.1) is 0 Å². The van der Waals surface area contributed by atoms with Crippen molar-refractivity contribution in [1.82, 2.24) is 5.32 Å². The summed E-state index contributed by atoms with van der Waals surface area (Å²) in [5, 5.41) is 6.17. The quantitative estimate of drug-likeness (QED) is 0.781. The number of hydrogen-bond donors (Lipinski definition) is 2. The number of carbonyl (C=O) groups is 2. The molecule has 0 saturated carbocycles. The fourth-order valence-corrected chi connectivity index (χ4v) is 2.50. The van der Waals surface area contributed by atoms with Gasteiger partial charge in [0.05, 0.1) is 0 Å². The van der Waals surface area contributed by atoms with Crippen molar-refractivity contribution >= 4 is 17.6 Å². The van der Waals surface area contributed by atoms with Crippen LogP contribution in [0.2, 0.25) is 0 Å². The van der Waals surface area contributed by atoms with Gasteiger partial charge >= 0.3 is 5.97 Å². The van der Waals surface area contributed by atoms with Gasteiger partial charge in [-0.2, -0.15) is 0 Å². The number of benzene rings is 1. The van der Waals surface area contributed by atoms with Gasteiger partial charge in [0, 0.05) is 36.7 Å². The number of hydrogen-bond acceptors (Lipinski definition) is 5. The summed E-state index contributed by atoms with van der Waals surface area (Å²) in [5.41, 5.74) is 1.71. The molecule has 1 heterocycles. The monoisotopic (exact) mass is 334 g/mol. The van der Waals surface area contributed by atoms with Gasteiger partial charge in [0.2, 0.25) is 5.91 Å². The second-order valence-electron chi connectivity index (χ2n) is 7.00. The number of amides is 1. The van der Waals surface area contributed by atoms with E-state index in [4.69, 9.17) is 9.47 Å². The molecule has 132 valence electrons. The Morgan fingerprint density at radius 3 is 2.75 bits per heavy atom. The Bertz CT molecular complexity index is 608. The van der Waals surface area contributed by atoms with Crippen molar-refractivity contribution in [3.63, 3.8) is 0 Å². The van der Waals surface area contributed by atoms with E-state index in [2.05, 4.69) is 31.4 Å². The van der Waals surface area contributed by atoms with Gasteiger partial charge in [0.1, 0.15) is 18.5 Å². The first-order valence-electron chi connectivity index (χ1n) is 8.21. The zero-order chi connectivity index (χ0) is 17.7. The molecule has 0 spiro atoms. The van der Waals surface area contributed by atoms with Crippen molar-refractivity contribution in [2.45, 2.75) is 52.2 Å². The van der Waals surface area contributed by atoms with E-state index in [1.165, 1.54) is 6.92 Å². The Balaban J connectivity index is 2.02. The van der Waals surface area contributed by atoms with E-state index >= 15 is 0 Å². The van der Waals surface area contributed by atoms with Crippen LogP contribution in [0, 0.1) is 0 Å². The van der Waals surface area contributed by atoms with Crippen LogP contribution in [0.25, 0.3) is 0 Å². The third kappa shape index (κ3) is 5.53. The number of fused-ring (bicyclic) bond motifs is 1. The summed E-state index contributed by atoms with van der Waals surface area (Å²) in [5.74, 6) is 0.411. The summed E-state index contributed by atoms with van der Waals surface area (Å²) >= 11 is 0. The van der Waals surface area contributed by atoms with Gasteiger partial charge in [-0.05, 0) is 39.3 Å². The molecule has 6 nitrogen and oxygen atoms in total. The Labute approximate surface area is 142 Å². The number of ether oxygens (including phenoxy) is 2. The Morgan fingerprint density at radius 1 is 1.33 bits per heavy atom. The Kier molecular flexibility index (Phi) is 5.83. The number of carbonyl (C=O) groups excluding carboxylic acids is 2. The fourth-order valence-electron chi connectivity index (χ4n) is 2.50. The largest absolute Gasteiger partial charge is 0.489 e. The van der Waals surface area contributed by atoms with Crippen LogP contribution in [0.4, 0.5) is 5.69 Å². The molecule has 1 atom stereocenters. The predicted molar refractivity (Wildman–Crippen MR) is 92.2 cm³/mol. The maximum atomic E-state index is 11.5. The van der Waals surface area contributed by atoms with Crippen LogP contribution in [0.3, 0.4) is 0 Å².